The van der Waals surface area contributed by atoms with E-state index in [1.165, 1.54) is 4.90 Å². The molecule has 0 aliphatic carbocycles. The number of thiophene rings is 1. The van der Waals surface area contributed by atoms with Crippen molar-refractivity contribution in [2.24, 2.45) is 5.92 Å². The SMILES string of the molecule is Cc1sccc1CC1(C(=O)NC(CC(C)C)C(=O)O)Cc2ccccc2N1C(=O)OC(C)(C)C. The molecule has 7 nitrogen and oxygen atoms in total. The standard InChI is InChI=1S/C26H34N2O5S/c1-16(2)13-20(22(29)30)27-23(31)26(14-18-11-12-34-17(18)3)15-19-9-7-8-10-21(19)28(26)24(32)33-25(4,5)6/h7-12,16,20H,13-15H2,1-6H3,(H,27,31)(H,29,30). The van der Waals surface area contributed by atoms with Crippen LogP contribution in [0.15, 0.2) is 35.7 Å². The largest absolute Gasteiger partial charge is 0.480 e. The van der Waals surface area contributed by atoms with Crippen LogP contribution in [0.4, 0.5) is 10.5 Å². The number of nitrogens with one attached hydrogen (secondary N) is 1. The molecule has 0 radical (unpaired) electrons. The first-order valence-electron chi connectivity index (χ1n) is 11.5. The Morgan fingerprint density at radius 3 is 2.44 bits per heavy atom. The lowest BCUT2D eigenvalue weighted by Gasteiger charge is -2.39. The van der Waals surface area contributed by atoms with Gasteiger partial charge in [-0.15, -0.1) is 11.3 Å². The first kappa shape index (κ1) is 25.7. The second-order valence-electron chi connectivity index (χ2n) is 10.3. The van der Waals surface area contributed by atoms with Crippen LogP contribution >= 0.6 is 11.3 Å². The Morgan fingerprint density at radius 2 is 1.88 bits per heavy atom. The molecule has 2 atom stereocenters. The van der Waals surface area contributed by atoms with Crippen molar-refractivity contribution < 1.29 is 24.2 Å². The lowest BCUT2D eigenvalue weighted by atomic mass is 9.85. The van der Waals surface area contributed by atoms with Gasteiger partial charge in [0.1, 0.15) is 17.2 Å². The summed E-state index contributed by atoms with van der Waals surface area (Å²) in [5, 5.41) is 14.5. The minimum absolute atomic E-state index is 0.0687. The average molecular weight is 487 g/mol. The summed E-state index contributed by atoms with van der Waals surface area (Å²) < 4.78 is 5.74. The van der Waals surface area contributed by atoms with Gasteiger partial charge < -0.3 is 15.2 Å². The van der Waals surface area contributed by atoms with Gasteiger partial charge in [0.2, 0.25) is 5.91 Å². The number of fused-ring (bicyclic) bond motifs is 1. The molecule has 34 heavy (non-hydrogen) atoms. The zero-order chi connectivity index (χ0) is 25.3. The number of anilines is 1. The van der Waals surface area contributed by atoms with E-state index >= 15 is 0 Å². The number of rotatable bonds is 7. The van der Waals surface area contributed by atoms with Crippen LogP contribution in [-0.4, -0.2) is 40.3 Å². The summed E-state index contributed by atoms with van der Waals surface area (Å²) >= 11 is 1.57. The molecule has 1 aromatic heterocycles. The van der Waals surface area contributed by atoms with E-state index in [1.807, 2.05) is 50.4 Å². The summed E-state index contributed by atoms with van der Waals surface area (Å²) in [5.74, 6) is -1.52. The molecule has 0 saturated heterocycles. The van der Waals surface area contributed by atoms with Gasteiger partial charge in [0.05, 0.1) is 5.69 Å². The van der Waals surface area contributed by atoms with Crippen molar-refractivity contribution in [1.82, 2.24) is 5.32 Å². The molecular weight excluding hydrogens is 452 g/mol. The van der Waals surface area contributed by atoms with Gasteiger partial charge in [-0.25, -0.2) is 9.59 Å². The van der Waals surface area contributed by atoms with Gasteiger partial charge in [-0.2, -0.15) is 0 Å². The van der Waals surface area contributed by atoms with Crippen molar-refractivity contribution in [3.05, 3.63) is 51.7 Å². The van der Waals surface area contributed by atoms with Gasteiger partial charge in [-0.1, -0.05) is 32.0 Å². The molecule has 1 aliphatic heterocycles. The molecule has 8 heteroatoms. The summed E-state index contributed by atoms with van der Waals surface area (Å²) in [4.78, 5) is 42.0. The molecule has 2 aromatic rings. The number of carboxylic acids is 1. The maximum atomic E-state index is 14.0. The molecule has 0 fully saturated rings. The fraction of sp³-hybridized carbons (Fsp3) is 0.500. The van der Waals surface area contributed by atoms with Crippen molar-refractivity contribution in [1.29, 1.82) is 0 Å². The summed E-state index contributed by atoms with van der Waals surface area (Å²) in [6.45, 7) is 11.1. The number of amides is 2. The van der Waals surface area contributed by atoms with Crippen LogP contribution in [0, 0.1) is 12.8 Å². The van der Waals surface area contributed by atoms with Crippen LogP contribution in [0.3, 0.4) is 0 Å². The van der Waals surface area contributed by atoms with Gasteiger partial charge in [-0.05, 0) is 68.7 Å². The first-order valence-corrected chi connectivity index (χ1v) is 12.4. The van der Waals surface area contributed by atoms with Crippen molar-refractivity contribution >= 4 is 35.0 Å². The summed E-state index contributed by atoms with van der Waals surface area (Å²) in [6.07, 6.45) is 0.165. The topological polar surface area (TPSA) is 95.9 Å². The van der Waals surface area contributed by atoms with Crippen molar-refractivity contribution in [2.75, 3.05) is 4.90 Å². The highest BCUT2D eigenvalue weighted by Crippen LogP contribution is 2.43. The molecule has 1 aromatic carbocycles. The highest BCUT2D eigenvalue weighted by atomic mass is 32.1. The Balaban J connectivity index is 2.12. The van der Waals surface area contributed by atoms with E-state index in [0.29, 0.717) is 5.69 Å². The number of benzene rings is 1. The fourth-order valence-corrected chi connectivity index (χ4v) is 5.11. The number of ether oxygens (including phenoxy) is 1. The molecule has 2 amide bonds. The minimum atomic E-state index is -1.36. The van der Waals surface area contributed by atoms with Gasteiger partial charge in [0.25, 0.3) is 0 Å². The number of hydrogen-bond donors (Lipinski definition) is 2. The second kappa shape index (κ2) is 9.78. The predicted molar refractivity (Wildman–Crippen MR) is 133 cm³/mol. The summed E-state index contributed by atoms with van der Waals surface area (Å²) in [7, 11) is 0. The molecule has 3 rings (SSSR count). The number of aliphatic carboxylic acids is 1. The lowest BCUT2D eigenvalue weighted by Crippen LogP contribution is -2.63. The van der Waals surface area contributed by atoms with Gasteiger partial charge >= 0.3 is 12.1 Å². The molecule has 2 unspecified atom stereocenters. The van der Waals surface area contributed by atoms with E-state index in [-0.39, 0.29) is 25.2 Å². The molecule has 184 valence electrons. The van der Waals surface area contributed by atoms with Crippen LogP contribution < -0.4 is 10.2 Å². The molecule has 1 aliphatic rings. The van der Waals surface area contributed by atoms with Gasteiger partial charge in [0.15, 0.2) is 0 Å². The molecular formula is C26H34N2O5S. The van der Waals surface area contributed by atoms with Crippen molar-refractivity contribution in [3.63, 3.8) is 0 Å². The van der Waals surface area contributed by atoms with E-state index in [9.17, 15) is 19.5 Å². The molecule has 0 spiro atoms. The van der Waals surface area contributed by atoms with E-state index in [2.05, 4.69) is 5.32 Å². The number of aryl methyl sites for hydroxylation is 1. The third-order valence-corrected chi connectivity index (χ3v) is 6.79. The third kappa shape index (κ3) is 5.43. The van der Waals surface area contributed by atoms with Crippen LogP contribution in [0.5, 0.6) is 0 Å². The zero-order valence-electron chi connectivity index (χ0n) is 20.7. The number of carboxylic acid groups (broad SMARTS) is 1. The highest BCUT2D eigenvalue weighted by Gasteiger charge is 2.54. The first-order chi connectivity index (χ1) is 15.8. The van der Waals surface area contributed by atoms with Crippen molar-refractivity contribution in [2.45, 2.75) is 78.0 Å². The van der Waals surface area contributed by atoms with E-state index < -0.39 is 35.2 Å². The lowest BCUT2D eigenvalue weighted by molar-refractivity contribution is -0.143. The minimum Gasteiger partial charge on any atom is -0.480 e. The van der Waals surface area contributed by atoms with E-state index in [4.69, 9.17) is 4.74 Å². The number of nitrogens with zero attached hydrogens (tertiary/aromatic N) is 1. The summed E-state index contributed by atoms with van der Waals surface area (Å²) in [6, 6.07) is 8.28. The Morgan fingerprint density at radius 1 is 1.21 bits per heavy atom. The maximum Gasteiger partial charge on any atom is 0.415 e. The fourth-order valence-electron chi connectivity index (χ4n) is 4.38. The Labute approximate surface area is 205 Å². The quantitative estimate of drug-likeness (QED) is 0.577. The van der Waals surface area contributed by atoms with Gasteiger partial charge in [-0.3, -0.25) is 9.69 Å². The van der Waals surface area contributed by atoms with Crippen LogP contribution in [0.2, 0.25) is 0 Å². The maximum absolute atomic E-state index is 14.0. The van der Waals surface area contributed by atoms with Crippen LogP contribution in [0.1, 0.15) is 57.0 Å². The molecule has 2 N–H and O–H groups in total. The Bertz CT molecular complexity index is 1070. The van der Waals surface area contributed by atoms with E-state index in [1.54, 1.807) is 38.2 Å². The summed E-state index contributed by atoms with van der Waals surface area (Å²) in [5.41, 5.74) is 0.263. The number of para-hydroxylation sites is 1. The van der Waals surface area contributed by atoms with Crippen molar-refractivity contribution in [3.8, 4) is 0 Å². The average Bonchev–Trinajstić information content (AvgIpc) is 3.26. The van der Waals surface area contributed by atoms with Gasteiger partial charge in [0, 0.05) is 17.7 Å². The Hall–Kier alpha value is -2.87. The molecule has 0 saturated carbocycles. The third-order valence-electron chi connectivity index (χ3n) is 5.90. The normalized spacial score (nSPS) is 18.5. The smallest absolute Gasteiger partial charge is 0.415 e. The number of hydrogen-bond acceptors (Lipinski definition) is 5. The molecule has 2 heterocycles. The second-order valence-corrected chi connectivity index (χ2v) is 11.4. The Kier molecular flexibility index (Phi) is 7.41. The zero-order valence-corrected chi connectivity index (χ0v) is 21.5. The molecule has 0 bridgehead atoms. The van der Waals surface area contributed by atoms with Crippen LogP contribution in [0.25, 0.3) is 0 Å². The predicted octanol–water partition coefficient (Wildman–Crippen LogP) is 4.95. The van der Waals surface area contributed by atoms with Crippen LogP contribution in [-0.2, 0) is 27.2 Å². The highest BCUT2D eigenvalue weighted by molar-refractivity contribution is 7.10. The van der Waals surface area contributed by atoms with E-state index in [0.717, 1.165) is 16.0 Å². The number of carbonyl (C=O) groups excluding carboxylic acids is 2. The number of carbonyl (C=O) groups is 3. The monoisotopic (exact) mass is 486 g/mol.